The van der Waals surface area contributed by atoms with Gasteiger partial charge in [-0.25, -0.2) is 9.18 Å². The number of fused-ring (bicyclic) bond motifs is 1. The minimum atomic E-state index is -1.35. The van der Waals surface area contributed by atoms with E-state index >= 15 is 0 Å². The SMILES string of the molecule is O=C1CCCN(c2c(F)cc3c(=O)c(C(=O)O)cn(C4CC4)c3c2Cl)CN1. The molecule has 1 saturated heterocycles. The Morgan fingerprint density at radius 1 is 1.33 bits per heavy atom. The van der Waals surface area contributed by atoms with Crippen LogP contribution in [-0.4, -0.2) is 34.8 Å². The summed E-state index contributed by atoms with van der Waals surface area (Å²) >= 11 is 6.55. The van der Waals surface area contributed by atoms with Crippen molar-refractivity contribution in [3.63, 3.8) is 0 Å². The van der Waals surface area contributed by atoms with Gasteiger partial charge in [0.1, 0.15) is 11.4 Å². The molecule has 2 N–H and O–H groups in total. The fourth-order valence-corrected chi connectivity index (χ4v) is 3.90. The predicted molar refractivity (Wildman–Crippen MR) is 98.0 cm³/mol. The number of rotatable bonds is 3. The molecule has 1 aromatic heterocycles. The van der Waals surface area contributed by atoms with E-state index in [1.54, 1.807) is 9.47 Å². The van der Waals surface area contributed by atoms with Crippen LogP contribution in [0.15, 0.2) is 17.1 Å². The van der Waals surface area contributed by atoms with Crippen LogP contribution in [0.25, 0.3) is 10.9 Å². The lowest BCUT2D eigenvalue weighted by Crippen LogP contribution is -2.35. The third-order valence-corrected chi connectivity index (χ3v) is 5.33. The van der Waals surface area contributed by atoms with E-state index < -0.39 is 22.8 Å². The Kier molecular flexibility index (Phi) is 4.30. The number of pyridine rings is 1. The Hall–Kier alpha value is -2.61. The molecule has 0 bridgehead atoms. The quantitative estimate of drug-likeness (QED) is 0.836. The topological polar surface area (TPSA) is 91.6 Å². The molecule has 1 aromatic carbocycles. The molecule has 1 amide bonds. The first-order chi connectivity index (χ1) is 12.9. The number of carbonyl (C=O) groups is 2. The van der Waals surface area contributed by atoms with Gasteiger partial charge in [-0.15, -0.1) is 0 Å². The number of amides is 1. The molecule has 2 heterocycles. The maximum Gasteiger partial charge on any atom is 0.341 e. The molecule has 7 nitrogen and oxygen atoms in total. The molecule has 1 aliphatic carbocycles. The zero-order chi connectivity index (χ0) is 19.3. The maximum absolute atomic E-state index is 14.9. The van der Waals surface area contributed by atoms with Crippen molar-refractivity contribution in [2.45, 2.75) is 31.7 Å². The number of aromatic carboxylic acids is 1. The number of nitrogens with one attached hydrogen (secondary N) is 1. The van der Waals surface area contributed by atoms with Crippen LogP contribution in [0.2, 0.25) is 5.02 Å². The van der Waals surface area contributed by atoms with Gasteiger partial charge in [0.2, 0.25) is 11.3 Å². The molecule has 2 aliphatic rings. The summed E-state index contributed by atoms with van der Waals surface area (Å²) in [4.78, 5) is 37.2. The van der Waals surface area contributed by atoms with Crippen LogP contribution < -0.4 is 15.6 Å². The van der Waals surface area contributed by atoms with Crippen LogP contribution >= 0.6 is 11.6 Å². The second-order valence-corrected chi connectivity index (χ2v) is 7.24. The van der Waals surface area contributed by atoms with Gasteiger partial charge in [-0.3, -0.25) is 9.59 Å². The number of halogens is 2. The van der Waals surface area contributed by atoms with E-state index in [1.165, 1.54) is 6.20 Å². The minimum absolute atomic E-state index is 0.0332. The minimum Gasteiger partial charge on any atom is -0.477 e. The summed E-state index contributed by atoms with van der Waals surface area (Å²) in [6, 6.07) is 1.09. The number of carbonyl (C=O) groups excluding carboxylic acids is 1. The van der Waals surface area contributed by atoms with Gasteiger partial charge in [-0.2, -0.15) is 0 Å². The Balaban J connectivity index is 1.96. The van der Waals surface area contributed by atoms with Gasteiger partial charge in [0.15, 0.2) is 0 Å². The van der Waals surface area contributed by atoms with Crippen LogP contribution in [0.5, 0.6) is 0 Å². The first-order valence-electron chi connectivity index (χ1n) is 8.70. The Morgan fingerprint density at radius 3 is 2.74 bits per heavy atom. The second kappa shape index (κ2) is 6.53. The molecule has 2 fully saturated rings. The molecule has 27 heavy (non-hydrogen) atoms. The maximum atomic E-state index is 14.9. The van der Waals surface area contributed by atoms with Crippen LogP contribution in [0.3, 0.4) is 0 Å². The highest BCUT2D eigenvalue weighted by atomic mass is 35.5. The Labute approximate surface area is 158 Å². The van der Waals surface area contributed by atoms with Crippen molar-refractivity contribution in [1.82, 2.24) is 9.88 Å². The third-order valence-electron chi connectivity index (χ3n) is 4.97. The summed E-state index contributed by atoms with van der Waals surface area (Å²) in [5, 5.41) is 12.0. The molecule has 0 spiro atoms. The number of benzene rings is 1. The van der Waals surface area contributed by atoms with E-state index in [4.69, 9.17) is 11.6 Å². The van der Waals surface area contributed by atoms with Crippen molar-refractivity contribution in [1.29, 1.82) is 0 Å². The molecule has 1 aliphatic heterocycles. The van der Waals surface area contributed by atoms with Crippen LogP contribution in [0.1, 0.15) is 42.1 Å². The van der Waals surface area contributed by atoms with Gasteiger partial charge in [0, 0.05) is 25.2 Å². The molecule has 0 unspecified atom stereocenters. The van der Waals surface area contributed by atoms with E-state index in [9.17, 15) is 23.9 Å². The van der Waals surface area contributed by atoms with Gasteiger partial charge in [0.05, 0.1) is 28.3 Å². The number of nitrogens with zero attached hydrogens (tertiary/aromatic N) is 2. The normalized spacial score (nSPS) is 17.7. The highest BCUT2D eigenvalue weighted by molar-refractivity contribution is 6.38. The van der Waals surface area contributed by atoms with E-state index in [-0.39, 0.29) is 34.7 Å². The van der Waals surface area contributed by atoms with Crippen LogP contribution in [-0.2, 0) is 4.79 Å². The smallest absolute Gasteiger partial charge is 0.341 e. The number of hydrogen-bond donors (Lipinski definition) is 2. The highest BCUT2D eigenvalue weighted by Gasteiger charge is 2.30. The van der Waals surface area contributed by atoms with Gasteiger partial charge in [-0.05, 0) is 25.3 Å². The largest absolute Gasteiger partial charge is 0.477 e. The average molecular weight is 394 g/mol. The third kappa shape index (κ3) is 3.03. The number of carboxylic acids is 1. The lowest BCUT2D eigenvalue weighted by atomic mass is 10.1. The first kappa shape index (κ1) is 17.8. The molecule has 0 radical (unpaired) electrons. The van der Waals surface area contributed by atoms with Crippen molar-refractivity contribution in [2.24, 2.45) is 0 Å². The molecular formula is C18H17ClFN3O4. The van der Waals surface area contributed by atoms with E-state index in [2.05, 4.69) is 5.32 Å². The van der Waals surface area contributed by atoms with Gasteiger partial charge in [0.25, 0.3) is 0 Å². The monoisotopic (exact) mass is 393 g/mol. The summed E-state index contributed by atoms with van der Waals surface area (Å²) in [6.45, 7) is 0.545. The van der Waals surface area contributed by atoms with E-state index in [0.29, 0.717) is 24.9 Å². The summed E-state index contributed by atoms with van der Waals surface area (Å²) < 4.78 is 16.6. The summed E-state index contributed by atoms with van der Waals surface area (Å²) in [5.74, 6) is -2.19. The zero-order valence-electron chi connectivity index (χ0n) is 14.3. The molecule has 1 saturated carbocycles. The van der Waals surface area contributed by atoms with E-state index in [1.807, 2.05) is 0 Å². The summed E-state index contributed by atoms with van der Waals surface area (Å²) in [6.07, 6.45) is 3.85. The highest BCUT2D eigenvalue weighted by Crippen LogP contribution is 2.42. The second-order valence-electron chi connectivity index (χ2n) is 6.86. The zero-order valence-corrected chi connectivity index (χ0v) is 15.1. The van der Waals surface area contributed by atoms with Crippen molar-refractivity contribution >= 4 is 40.1 Å². The van der Waals surface area contributed by atoms with Gasteiger partial charge >= 0.3 is 5.97 Å². The van der Waals surface area contributed by atoms with Crippen molar-refractivity contribution < 1.29 is 19.1 Å². The molecule has 2 aromatic rings. The number of aromatic nitrogens is 1. The summed E-state index contributed by atoms with van der Waals surface area (Å²) in [5.41, 5.74) is -0.713. The van der Waals surface area contributed by atoms with Crippen LogP contribution in [0, 0.1) is 5.82 Å². The Bertz CT molecular complexity index is 1030. The number of anilines is 1. The van der Waals surface area contributed by atoms with Crippen molar-refractivity contribution in [3.8, 4) is 0 Å². The molecular weight excluding hydrogens is 377 g/mol. The van der Waals surface area contributed by atoms with E-state index in [0.717, 1.165) is 18.9 Å². The molecule has 142 valence electrons. The lowest BCUT2D eigenvalue weighted by molar-refractivity contribution is -0.120. The standard InChI is InChI=1S/C18H17ClFN3O4/c19-14-15-10(17(25)11(18(26)27)7-23(15)9-3-4-9)6-12(20)16(14)22-5-1-2-13(24)21-8-22/h6-7,9H,1-5,8H2,(H,21,24)(H,26,27). The first-order valence-corrected chi connectivity index (χ1v) is 9.08. The predicted octanol–water partition coefficient (Wildman–Crippen LogP) is 2.50. The van der Waals surface area contributed by atoms with Crippen molar-refractivity contribution in [3.05, 3.63) is 38.9 Å². The summed E-state index contributed by atoms with van der Waals surface area (Å²) in [7, 11) is 0. The fourth-order valence-electron chi connectivity index (χ4n) is 3.49. The van der Waals surface area contributed by atoms with Crippen molar-refractivity contribution in [2.75, 3.05) is 18.1 Å². The molecule has 4 rings (SSSR count). The lowest BCUT2D eigenvalue weighted by Gasteiger charge is -2.25. The average Bonchev–Trinajstić information content (AvgIpc) is 3.44. The van der Waals surface area contributed by atoms with Gasteiger partial charge < -0.3 is 19.9 Å². The van der Waals surface area contributed by atoms with Crippen LogP contribution in [0.4, 0.5) is 10.1 Å². The van der Waals surface area contributed by atoms with Gasteiger partial charge in [-0.1, -0.05) is 11.6 Å². The Morgan fingerprint density at radius 2 is 2.07 bits per heavy atom. The fraction of sp³-hybridized carbons (Fsp3) is 0.389. The molecule has 0 atom stereocenters. The number of hydrogen-bond acceptors (Lipinski definition) is 4. The number of carboxylic acid groups (broad SMARTS) is 1. The molecule has 9 heteroatoms.